The van der Waals surface area contributed by atoms with Gasteiger partial charge >= 0.3 is 0 Å². The Hall–Kier alpha value is -3.84. The average molecular weight is 542 g/mol. The van der Waals surface area contributed by atoms with Gasteiger partial charge in [0, 0.05) is 37.8 Å². The molecule has 3 N–H and O–H groups in total. The van der Waals surface area contributed by atoms with Crippen molar-refractivity contribution in [1.29, 1.82) is 0 Å². The molecule has 2 amide bonds. The van der Waals surface area contributed by atoms with Crippen LogP contribution in [0.3, 0.4) is 0 Å². The maximum absolute atomic E-state index is 12.8. The Kier molecular flexibility index (Phi) is 7.16. The van der Waals surface area contributed by atoms with Gasteiger partial charge in [0.15, 0.2) is 23.1 Å². The number of carbonyl (C=O) groups excluding carboxylic acids is 2. The molecular weight excluding hydrogens is 504 g/mol. The van der Waals surface area contributed by atoms with E-state index in [2.05, 4.69) is 50.6 Å². The summed E-state index contributed by atoms with van der Waals surface area (Å²) in [6, 6.07) is 7.69. The molecule has 0 aliphatic heterocycles. The summed E-state index contributed by atoms with van der Waals surface area (Å²) in [6.45, 7) is 5.02. The zero-order valence-corrected chi connectivity index (χ0v) is 22.9. The molecule has 4 rings (SSSR count). The van der Waals surface area contributed by atoms with Crippen LogP contribution in [0.4, 0.5) is 17.2 Å². The Morgan fingerprint density at radius 3 is 2.74 bits per heavy atom. The van der Waals surface area contributed by atoms with Crippen LogP contribution in [0.5, 0.6) is 5.75 Å². The Labute approximate surface area is 226 Å². The first-order chi connectivity index (χ1) is 19.3. The van der Waals surface area contributed by atoms with Gasteiger partial charge in [-0.15, -0.1) is 15.3 Å². The number of hydrogen-bond donors (Lipinski definition) is 3. The molecule has 13 heteroatoms. The predicted molar refractivity (Wildman–Crippen MR) is 146 cm³/mol. The number of nitrogens with zero attached hydrogens (tertiary/aromatic N) is 5. The number of benzene rings is 1. The van der Waals surface area contributed by atoms with Gasteiger partial charge in [0.05, 0.1) is 24.0 Å². The molecule has 1 aliphatic rings. The highest BCUT2D eigenvalue weighted by molar-refractivity contribution is 6.76. The molecule has 0 spiro atoms. The van der Waals surface area contributed by atoms with Gasteiger partial charge in [-0.2, -0.15) is 0 Å². The molecule has 1 aliphatic carbocycles. The number of nitrogens with one attached hydrogen (secondary N) is 3. The second-order valence-corrected chi connectivity index (χ2v) is 15.8. The number of ether oxygens (including phenoxy) is 2. The lowest BCUT2D eigenvalue weighted by atomic mass is 10.1. The van der Waals surface area contributed by atoms with Crippen LogP contribution in [0.25, 0.3) is 11.4 Å². The SMILES string of the molecule is [2H]C([2H])([2H])NC(=O)c1nnc(NC(=O)C2CC2)cc1Nc1cccc(-c2ncn(COCC[Si](C)(C)C)n2)c1OC. The Balaban J connectivity index is 1.60. The van der Waals surface area contributed by atoms with Crippen molar-refractivity contribution < 1.29 is 23.2 Å². The van der Waals surface area contributed by atoms with Crippen LogP contribution in [0, 0.1) is 5.92 Å². The summed E-state index contributed by atoms with van der Waals surface area (Å²) in [6.07, 6.45) is 3.16. The molecule has 0 saturated heterocycles. The minimum absolute atomic E-state index is 0.0819. The van der Waals surface area contributed by atoms with Crippen molar-refractivity contribution in [1.82, 2.24) is 30.3 Å². The molecule has 0 radical (unpaired) electrons. The summed E-state index contributed by atoms with van der Waals surface area (Å²) >= 11 is 0. The quantitative estimate of drug-likeness (QED) is 0.232. The lowest BCUT2D eigenvalue weighted by molar-refractivity contribution is -0.117. The molecule has 2 aromatic heterocycles. The van der Waals surface area contributed by atoms with Gasteiger partial charge in [0.1, 0.15) is 13.1 Å². The molecule has 0 unspecified atom stereocenters. The third-order valence-electron chi connectivity index (χ3n) is 5.81. The third-order valence-corrected chi connectivity index (χ3v) is 7.51. The maximum atomic E-state index is 12.8. The van der Waals surface area contributed by atoms with Gasteiger partial charge in [0.25, 0.3) is 5.91 Å². The van der Waals surface area contributed by atoms with Crippen molar-refractivity contribution in [3.63, 3.8) is 0 Å². The lowest BCUT2D eigenvalue weighted by Gasteiger charge is -2.16. The van der Waals surface area contributed by atoms with E-state index in [1.54, 1.807) is 29.2 Å². The summed E-state index contributed by atoms with van der Waals surface area (Å²) in [5.41, 5.74) is 0.813. The van der Waals surface area contributed by atoms with Crippen LogP contribution < -0.4 is 20.7 Å². The second kappa shape index (κ2) is 11.7. The Morgan fingerprint density at radius 2 is 2.03 bits per heavy atom. The first kappa shape index (κ1) is 23.3. The molecule has 1 saturated carbocycles. The fourth-order valence-electron chi connectivity index (χ4n) is 3.54. The van der Waals surface area contributed by atoms with Crippen LogP contribution in [-0.2, 0) is 16.3 Å². The van der Waals surface area contributed by atoms with E-state index in [9.17, 15) is 9.59 Å². The van der Waals surface area contributed by atoms with Crippen molar-refractivity contribution >= 4 is 37.1 Å². The molecule has 12 nitrogen and oxygen atoms in total. The van der Waals surface area contributed by atoms with Crippen molar-refractivity contribution in [3.05, 3.63) is 36.3 Å². The number of rotatable bonds is 12. The summed E-state index contributed by atoms with van der Waals surface area (Å²) in [4.78, 5) is 29.5. The van der Waals surface area contributed by atoms with Gasteiger partial charge in [-0.3, -0.25) is 9.59 Å². The Morgan fingerprint density at radius 1 is 1.21 bits per heavy atom. The lowest BCUT2D eigenvalue weighted by Crippen LogP contribution is -2.22. The molecule has 1 aromatic carbocycles. The average Bonchev–Trinajstić information content (AvgIpc) is 3.63. The zero-order chi connectivity index (χ0) is 29.8. The number of hydrogen-bond acceptors (Lipinski definition) is 9. The maximum Gasteiger partial charge on any atom is 0.273 e. The minimum atomic E-state index is -2.74. The van der Waals surface area contributed by atoms with Crippen molar-refractivity contribution in [2.24, 2.45) is 5.92 Å². The molecule has 202 valence electrons. The van der Waals surface area contributed by atoms with Crippen LogP contribution in [-0.4, -0.2) is 65.5 Å². The number of aromatic nitrogens is 5. The highest BCUT2D eigenvalue weighted by Gasteiger charge is 2.30. The third kappa shape index (κ3) is 6.92. The van der Waals surface area contributed by atoms with Crippen LogP contribution in [0.2, 0.25) is 25.7 Å². The van der Waals surface area contributed by atoms with E-state index in [4.69, 9.17) is 13.6 Å². The summed E-state index contributed by atoms with van der Waals surface area (Å²) in [5.74, 6) is -0.376. The van der Waals surface area contributed by atoms with E-state index in [1.165, 1.54) is 13.2 Å². The van der Waals surface area contributed by atoms with Crippen LogP contribution in [0.1, 0.15) is 27.4 Å². The summed E-state index contributed by atoms with van der Waals surface area (Å²) in [7, 11) is 0.274. The highest BCUT2D eigenvalue weighted by Crippen LogP contribution is 2.37. The molecule has 1 fully saturated rings. The molecule has 0 bridgehead atoms. The smallest absolute Gasteiger partial charge is 0.273 e. The van der Waals surface area contributed by atoms with E-state index in [1.807, 2.05) is 5.32 Å². The number of para-hydroxylation sites is 1. The topological polar surface area (TPSA) is 145 Å². The van der Waals surface area contributed by atoms with E-state index in [0.717, 1.165) is 18.9 Å². The van der Waals surface area contributed by atoms with Crippen molar-refractivity contribution in [2.45, 2.75) is 45.3 Å². The standard InChI is InChI=1S/C25H34N8O4Si/c1-26-25(35)21-19(13-20(30-31-21)29-24(34)16-9-10-16)28-18-8-6-7-17(22(18)36-2)23-27-14-33(32-23)15-37-11-12-38(3,4)5/h6-8,13-14,16H,9-12,15H2,1-5H3,(H,26,35)(H2,28,29,30,34)/i1D3. The molecule has 0 atom stereocenters. The van der Waals surface area contributed by atoms with Crippen molar-refractivity contribution in [3.8, 4) is 17.1 Å². The Bertz CT molecular complexity index is 1410. The molecule has 2 heterocycles. The van der Waals surface area contributed by atoms with E-state index >= 15 is 0 Å². The monoisotopic (exact) mass is 541 g/mol. The fraction of sp³-hybridized carbons (Fsp3) is 0.440. The first-order valence-corrected chi connectivity index (χ1v) is 16.0. The van der Waals surface area contributed by atoms with E-state index < -0.39 is 21.0 Å². The zero-order valence-electron chi connectivity index (χ0n) is 24.9. The van der Waals surface area contributed by atoms with E-state index in [-0.39, 0.29) is 35.8 Å². The fourth-order valence-corrected chi connectivity index (χ4v) is 4.30. The minimum Gasteiger partial charge on any atom is -0.494 e. The molecule has 38 heavy (non-hydrogen) atoms. The highest BCUT2D eigenvalue weighted by atomic mass is 28.3. The number of carbonyl (C=O) groups is 2. The van der Waals surface area contributed by atoms with Gasteiger partial charge in [0.2, 0.25) is 5.91 Å². The second-order valence-electron chi connectivity index (χ2n) is 10.2. The van der Waals surface area contributed by atoms with Crippen LogP contribution >= 0.6 is 0 Å². The van der Waals surface area contributed by atoms with Crippen molar-refractivity contribution in [2.75, 3.05) is 31.3 Å². The summed E-state index contributed by atoms with van der Waals surface area (Å²) < 4.78 is 35.2. The largest absolute Gasteiger partial charge is 0.494 e. The van der Waals surface area contributed by atoms with Gasteiger partial charge in [-0.25, -0.2) is 9.67 Å². The van der Waals surface area contributed by atoms with Gasteiger partial charge in [-0.05, 0) is 31.0 Å². The van der Waals surface area contributed by atoms with Gasteiger partial charge < -0.3 is 25.4 Å². The number of amides is 2. The molecule has 3 aromatic rings. The normalized spacial score (nSPS) is 14.7. The predicted octanol–water partition coefficient (Wildman–Crippen LogP) is 3.51. The summed E-state index contributed by atoms with van der Waals surface area (Å²) in [5, 5.41) is 20.0. The first-order valence-electron chi connectivity index (χ1n) is 13.8. The van der Waals surface area contributed by atoms with Crippen LogP contribution in [0.15, 0.2) is 30.6 Å². The number of anilines is 3. The molecular formula is C25H34N8O4Si. The van der Waals surface area contributed by atoms with E-state index in [0.29, 0.717) is 29.4 Å². The van der Waals surface area contributed by atoms with Gasteiger partial charge in [-0.1, -0.05) is 25.7 Å². The number of methoxy groups -OCH3 is 1.